The van der Waals surface area contributed by atoms with Gasteiger partial charge < -0.3 is 14.7 Å². The molecule has 74 valence electrons. The van der Waals surface area contributed by atoms with E-state index >= 15 is 0 Å². The number of likely N-dealkylation sites (N-methyl/N-ethyl adjacent to an activating group) is 1. The van der Waals surface area contributed by atoms with Gasteiger partial charge >= 0.3 is 0 Å². The van der Waals surface area contributed by atoms with Crippen LogP contribution in [0.3, 0.4) is 0 Å². The summed E-state index contributed by atoms with van der Waals surface area (Å²) in [6.07, 6.45) is 0. The molecule has 0 aliphatic carbocycles. The van der Waals surface area contributed by atoms with E-state index in [0.29, 0.717) is 0 Å². The van der Waals surface area contributed by atoms with Crippen molar-refractivity contribution in [3.63, 3.8) is 0 Å². The zero-order valence-electron chi connectivity index (χ0n) is 7.13. The Bertz CT molecular complexity index is 155. The van der Waals surface area contributed by atoms with E-state index in [9.17, 15) is 5.11 Å². The Morgan fingerprint density at radius 3 is 1.67 bits per heavy atom. The molecular weight excluding hydrogens is 224 g/mol. The maximum atomic E-state index is 9.43. The first-order valence-electron chi connectivity index (χ1n) is 3.28. The molecule has 3 nitrogen and oxygen atoms in total. The van der Waals surface area contributed by atoms with E-state index in [1.165, 1.54) is 0 Å². The number of quaternary nitrogens is 1. The van der Waals surface area contributed by atoms with Crippen LogP contribution in [0.25, 0.3) is 0 Å². The molecule has 0 bridgehead atoms. The highest BCUT2D eigenvalue weighted by Gasteiger charge is 2.47. The summed E-state index contributed by atoms with van der Waals surface area (Å²) in [6.45, 7) is 0. The first-order valence-corrected chi connectivity index (χ1v) is 4.54. The minimum atomic E-state index is -2.03. The summed E-state index contributed by atoms with van der Waals surface area (Å²) in [5, 5.41) is 16.3. The number of hydrogen-bond donors (Lipinski definition) is 2. The number of aliphatic hydroxyl groups excluding tert-OH is 1. The Kier molecular flexibility index (Phi) is 4.10. The molecule has 0 radical (unpaired) electrons. The van der Waals surface area contributed by atoms with Crippen LogP contribution in [-0.2, 0) is 0 Å². The van der Waals surface area contributed by atoms with Gasteiger partial charge in [0.2, 0.25) is 10.6 Å². The van der Waals surface area contributed by atoms with Gasteiger partial charge in [-0.25, -0.2) is 0 Å². The fraction of sp³-hybridized carbons (Fsp3) is 1.00. The molecule has 0 aromatic rings. The summed E-state index contributed by atoms with van der Waals surface area (Å²) in [5.41, 5.74) is -2.49. The van der Waals surface area contributed by atoms with Gasteiger partial charge in [-0.1, -0.05) is 34.8 Å². The molecule has 3 atom stereocenters. The maximum Gasteiger partial charge on any atom is 0.246 e. The van der Waals surface area contributed by atoms with Crippen molar-refractivity contribution in [1.29, 1.82) is 0 Å². The molecule has 12 heavy (non-hydrogen) atoms. The molecule has 0 aromatic heterocycles. The first-order chi connectivity index (χ1) is 5.10. The standard InChI is InChI=1S/C6H13Cl3NO2/c1-10(2,3)4(7)6(9,12)5(8)11/h4-5,11-12H,1-3H3/q+1. The molecule has 0 amide bonds. The largest absolute Gasteiger partial charge is 0.373 e. The number of alkyl halides is 3. The summed E-state index contributed by atoms with van der Waals surface area (Å²) in [6, 6.07) is 0. The van der Waals surface area contributed by atoms with Gasteiger partial charge in [0.15, 0.2) is 5.56 Å². The highest BCUT2D eigenvalue weighted by atomic mass is 35.5. The molecule has 0 aliphatic rings. The third-order valence-electron chi connectivity index (χ3n) is 1.35. The summed E-state index contributed by atoms with van der Waals surface area (Å²) in [5.74, 6) is 0. The van der Waals surface area contributed by atoms with Crippen LogP contribution in [0.1, 0.15) is 0 Å². The third kappa shape index (κ3) is 2.91. The number of rotatable bonds is 3. The van der Waals surface area contributed by atoms with Crippen molar-refractivity contribution < 1.29 is 14.7 Å². The van der Waals surface area contributed by atoms with Crippen molar-refractivity contribution in [2.45, 2.75) is 16.1 Å². The third-order valence-corrected chi connectivity index (χ3v) is 3.24. The molecular formula is C6H13Cl3NO2+. The Labute approximate surface area is 87.0 Å². The quantitative estimate of drug-likeness (QED) is 0.432. The van der Waals surface area contributed by atoms with E-state index in [-0.39, 0.29) is 4.48 Å². The zero-order chi connectivity index (χ0) is 10.2. The lowest BCUT2D eigenvalue weighted by Crippen LogP contribution is -2.56. The molecule has 0 fully saturated rings. The Balaban J connectivity index is 4.57. The number of nitrogens with zero attached hydrogens (tertiary/aromatic N) is 1. The molecule has 0 rings (SSSR count). The van der Waals surface area contributed by atoms with E-state index in [2.05, 4.69) is 0 Å². The normalized spacial score (nSPS) is 23.0. The van der Waals surface area contributed by atoms with Crippen molar-refractivity contribution in [1.82, 2.24) is 0 Å². The lowest BCUT2D eigenvalue weighted by molar-refractivity contribution is -0.888. The molecule has 0 spiro atoms. The van der Waals surface area contributed by atoms with Crippen molar-refractivity contribution >= 4 is 34.8 Å². The van der Waals surface area contributed by atoms with E-state index < -0.39 is 16.1 Å². The van der Waals surface area contributed by atoms with Gasteiger partial charge in [-0.3, -0.25) is 0 Å². The van der Waals surface area contributed by atoms with Gasteiger partial charge in [0.25, 0.3) is 0 Å². The predicted octanol–water partition coefficient (Wildman–Crippen LogP) is 0.742. The highest BCUT2D eigenvalue weighted by Crippen LogP contribution is 2.31. The van der Waals surface area contributed by atoms with Gasteiger partial charge in [-0.2, -0.15) is 0 Å². The monoisotopic (exact) mass is 236 g/mol. The maximum absolute atomic E-state index is 9.43. The van der Waals surface area contributed by atoms with Crippen molar-refractivity contribution in [3.05, 3.63) is 0 Å². The molecule has 0 heterocycles. The molecule has 0 saturated heterocycles. The molecule has 6 heteroatoms. The number of aliphatic hydroxyl groups is 2. The predicted molar refractivity (Wildman–Crippen MR) is 50.3 cm³/mol. The smallest absolute Gasteiger partial charge is 0.246 e. The van der Waals surface area contributed by atoms with Gasteiger partial charge in [0.1, 0.15) is 0 Å². The lowest BCUT2D eigenvalue weighted by Gasteiger charge is -2.37. The van der Waals surface area contributed by atoms with Gasteiger partial charge in [0, 0.05) is 0 Å². The van der Waals surface area contributed by atoms with E-state index in [4.69, 9.17) is 39.9 Å². The van der Waals surface area contributed by atoms with E-state index in [1.807, 2.05) is 0 Å². The average Bonchev–Trinajstić information content (AvgIpc) is 1.83. The van der Waals surface area contributed by atoms with Gasteiger partial charge in [-0.05, 0) is 0 Å². The van der Waals surface area contributed by atoms with E-state index in [1.54, 1.807) is 21.1 Å². The van der Waals surface area contributed by atoms with Crippen LogP contribution in [0.5, 0.6) is 0 Å². The molecule has 2 N–H and O–H groups in total. The van der Waals surface area contributed by atoms with Crippen LogP contribution >= 0.6 is 34.8 Å². The summed E-state index contributed by atoms with van der Waals surface area (Å²) < 4.78 is 0.186. The number of hydrogen-bond acceptors (Lipinski definition) is 2. The Morgan fingerprint density at radius 1 is 1.25 bits per heavy atom. The fourth-order valence-electron chi connectivity index (χ4n) is 0.657. The van der Waals surface area contributed by atoms with Crippen LogP contribution in [0.2, 0.25) is 0 Å². The summed E-state index contributed by atoms with van der Waals surface area (Å²) >= 11 is 16.6. The van der Waals surface area contributed by atoms with Crippen LogP contribution in [0.4, 0.5) is 0 Å². The highest BCUT2D eigenvalue weighted by molar-refractivity contribution is 6.35. The Morgan fingerprint density at radius 2 is 1.58 bits per heavy atom. The molecule has 0 saturated carbocycles. The van der Waals surface area contributed by atoms with Crippen molar-refractivity contribution in [3.8, 4) is 0 Å². The molecule has 3 unspecified atom stereocenters. The minimum absolute atomic E-state index is 0.186. The fourth-order valence-corrected chi connectivity index (χ4v) is 1.25. The first kappa shape index (κ1) is 12.8. The SMILES string of the molecule is C[N+](C)(C)C(Cl)C(O)(Cl)C(O)Cl. The molecule has 0 aromatic carbocycles. The zero-order valence-corrected chi connectivity index (χ0v) is 9.40. The van der Waals surface area contributed by atoms with Crippen LogP contribution in [-0.4, -0.2) is 52.0 Å². The Hall–Kier alpha value is 0.750. The van der Waals surface area contributed by atoms with Crippen LogP contribution < -0.4 is 0 Å². The second-order valence-electron chi connectivity index (χ2n) is 3.52. The van der Waals surface area contributed by atoms with Gasteiger partial charge in [0.05, 0.1) is 21.1 Å². The summed E-state index contributed by atoms with van der Waals surface area (Å²) in [4.78, 5) is 0. The minimum Gasteiger partial charge on any atom is -0.373 e. The lowest BCUT2D eigenvalue weighted by atomic mass is 10.3. The topological polar surface area (TPSA) is 40.5 Å². The van der Waals surface area contributed by atoms with Crippen molar-refractivity contribution in [2.24, 2.45) is 0 Å². The van der Waals surface area contributed by atoms with Crippen LogP contribution in [0, 0.1) is 0 Å². The second kappa shape index (κ2) is 3.86. The van der Waals surface area contributed by atoms with Gasteiger partial charge in [-0.15, -0.1) is 0 Å². The average molecular weight is 238 g/mol. The second-order valence-corrected chi connectivity index (χ2v) is 4.95. The van der Waals surface area contributed by atoms with Crippen molar-refractivity contribution in [2.75, 3.05) is 21.1 Å². The van der Waals surface area contributed by atoms with Crippen LogP contribution in [0.15, 0.2) is 0 Å². The van der Waals surface area contributed by atoms with E-state index in [0.717, 1.165) is 0 Å². The molecule has 0 aliphatic heterocycles. The number of halogens is 3. The summed E-state index contributed by atoms with van der Waals surface area (Å²) in [7, 11) is 5.18.